The van der Waals surface area contributed by atoms with Gasteiger partial charge in [0.05, 0.1) is 0 Å². The smallest absolute Gasteiger partial charge is 0.181 e. The number of carbonyl (C=O) groups excluding carboxylic acids is 1. The van der Waals surface area contributed by atoms with Crippen LogP contribution >= 0.6 is 0 Å². The summed E-state index contributed by atoms with van der Waals surface area (Å²) in [6, 6.07) is 0. The number of rotatable bonds is 2. The Morgan fingerprint density at radius 1 is 1.40 bits per heavy atom. The van der Waals surface area contributed by atoms with Crippen molar-refractivity contribution in [1.82, 2.24) is 0 Å². The van der Waals surface area contributed by atoms with Crippen LogP contribution in [0.2, 0.25) is 0 Å². The van der Waals surface area contributed by atoms with E-state index in [9.17, 15) is 4.79 Å². The molecule has 0 aromatic heterocycles. The van der Waals surface area contributed by atoms with Gasteiger partial charge >= 0.3 is 0 Å². The highest BCUT2D eigenvalue weighted by Crippen LogP contribution is 2.47. The monoisotopic (exact) mass is 202 g/mol. The summed E-state index contributed by atoms with van der Waals surface area (Å²) in [5, 5.41) is 0. The van der Waals surface area contributed by atoms with E-state index in [1.807, 2.05) is 13.0 Å². The lowest BCUT2D eigenvalue weighted by Crippen LogP contribution is -2.27. The van der Waals surface area contributed by atoms with Gasteiger partial charge in [-0.15, -0.1) is 0 Å². The van der Waals surface area contributed by atoms with Crippen molar-refractivity contribution in [1.29, 1.82) is 0 Å². The van der Waals surface area contributed by atoms with Crippen molar-refractivity contribution < 1.29 is 4.79 Å². The van der Waals surface area contributed by atoms with Crippen LogP contribution in [0.1, 0.15) is 39.0 Å². The van der Waals surface area contributed by atoms with Crippen LogP contribution in [-0.4, -0.2) is 5.78 Å². The molecular formula is C14H18O. The summed E-state index contributed by atoms with van der Waals surface area (Å²) in [4.78, 5) is 12.0. The standard InChI is InChI=1S/C14H18O/c1-2-7-13(15)12-8-3-4-9-14(12)10-5-6-11-14/h2,5-8H,3-4,9-11H2,1H3. The molecule has 1 nitrogen and oxygen atoms in total. The van der Waals surface area contributed by atoms with E-state index >= 15 is 0 Å². The van der Waals surface area contributed by atoms with Crippen LogP contribution in [0.4, 0.5) is 0 Å². The first-order valence-electron chi connectivity index (χ1n) is 5.81. The summed E-state index contributed by atoms with van der Waals surface area (Å²) in [5.74, 6) is 0.223. The molecule has 0 aliphatic heterocycles. The first-order valence-corrected chi connectivity index (χ1v) is 5.81. The van der Waals surface area contributed by atoms with Crippen LogP contribution in [-0.2, 0) is 4.79 Å². The van der Waals surface area contributed by atoms with E-state index in [2.05, 4.69) is 18.2 Å². The van der Waals surface area contributed by atoms with E-state index in [-0.39, 0.29) is 11.2 Å². The largest absolute Gasteiger partial charge is 0.290 e. The van der Waals surface area contributed by atoms with E-state index in [1.165, 1.54) is 12.8 Å². The molecule has 0 fully saturated rings. The molecule has 0 aromatic carbocycles. The molecule has 0 heterocycles. The van der Waals surface area contributed by atoms with E-state index in [0.717, 1.165) is 24.8 Å². The zero-order chi connectivity index (χ0) is 10.7. The predicted octanol–water partition coefficient (Wildman–Crippen LogP) is 3.58. The minimum atomic E-state index is 0.162. The van der Waals surface area contributed by atoms with Gasteiger partial charge in [-0.05, 0) is 45.1 Å². The van der Waals surface area contributed by atoms with Crippen molar-refractivity contribution in [3.8, 4) is 0 Å². The highest BCUT2D eigenvalue weighted by molar-refractivity contribution is 6.05. The molecule has 0 saturated heterocycles. The van der Waals surface area contributed by atoms with Crippen LogP contribution in [0.25, 0.3) is 0 Å². The fourth-order valence-corrected chi connectivity index (χ4v) is 2.77. The van der Waals surface area contributed by atoms with Crippen LogP contribution in [0.3, 0.4) is 0 Å². The number of carbonyl (C=O) groups is 1. The summed E-state index contributed by atoms with van der Waals surface area (Å²) < 4.78 is 0. The van der Waals surface area contributed by atoms with Crippen molar-refractivity contribution in [3.63, 3.8) is 0 Å². The molecule has 0 N–H and O–H groups in total. The van der Waals surface area contributed by atoms with Crippen molar-refractivity contribution in [2.75, 3.05) is 0 Å². The third-order valence-electron chi connectivity index (χ3n) is 3.55. The maximum atomic E-state index is 12.0. The summed E-state index contributed by atoms with van der Waals surface area (Å²) in [6.07, 6.45) is 15.8. The van der Waals surface area contributed by atoms with E-state index in [0.29, 0.717) is 0 Å². The lowest BCUT2D eigenvalue weighted by atomic mass is 9.69. The highest BCUT2D eigenvalue weighted by atomic mass is 16.1. The maximum Gasteiger partial charge on any atom is 0.181 e. The molecule has 0 saturated carbocycles. The third-order valence-corrected chi connectivity index (χ3v) is 3.55. The molecule has 0 radical (unpaired) electrons. The van der Waals surface area contributed by atoms with E-state index in [4.69, 9.17) is 0 Å². The topological polar surface area (TPSA) is 17.1 Å². The average Bonchev–Trinajstić information content (AvgIpc) is 2.68. The van der Waals surface area contributed by atoms with Gasteiger partial charge in [-0.25, -0.2) is 0 Å². The van der Waals surface area contributed by atoms with Gasteiger partial charge in [0.1, 0.15) is 0 Å². The van der Waals surface area contributed by atoms with Crippen molar-refractivity contribution in [2.24, 2.45) is 5.41 Å². The quantitative estimate of drug-likeness (QED) is 0.494. The first-order chi connectivity index (χ1) is 7.28. The Hall–Kier alpha value is -1.11. The van der Waals surface area contributed by atoms with Gasteiger partial charge < -0.3 is 0 Å². The van der Waals surface area contributed by atoms with Gasteiger partial charge in [0.15, 0.2) is 5.78 Å². The third kappa shape index (κ3) is 1.83. The zero-order valence-electron chi connectivity index (χ0n) is 9.33. The molecule has 0 aromatic rings. The minimum Gasteiger partial charge on any atom is -0.290 e. The molecule has 0 unspecified atom stereocenters. The van der Waals surface area contributed by atoms with Gasteiger partial charge in [-0.2, -0.15) is 0 Å². The maximum absolute atomic E-state index is 12.0. The number of hydrogen-bond acceptors (Lipinski definition) is 1. The molecule has 2 aliphatic rings. The molecule has 80 valence electrons. The Kier molecular flexibility index (Phi) is 2.90. The van der Waals surface area contributed by atoms with Crippen molar-refractivity contribution in [2.45, 2.75) is 39.0 Å². The average molecular weight is 202 g/mol. The molecule has 2 aliphatic carbocycles. The van der Waals surface area contributed by atoms with E-state index in [1.54, 1.807) is 6.08 Å². The Labute approximate surface area is 91.6 Å². The summed E-state index contributed by atoms with van der Waals surface area (Å²) in [5.41, 5.74) is 1.23. The number of ketones is 1. The Bertz CT molecular complexity index is 336. The van der Waals surface area contributed by atoms with Crippen LogP contribution < -0.4 is 0 Å². The molecule has 0 amide bonds. The minimum absolute atomic E-state index is 0.162. The van der Waals surface area contributed by atoms with Crippen LogP contribution in [0.5, 0.6) is 0 Å². The molecule has 1 spiro atoms. The molecule has 2 rings (SSSR count). The summed E-state index contributed by atoms with van der Waals surface area (Å²) in [6.45, 7) is 1.90. The van der Waals surface area contributed by atoms with Gasteiger partial charge in [0.2, 0.25) is 0 Å². The van der Waals surface area contributed by atoms with Crippen molar-refractivity contribution >= 4 is 5.78 Å². The highest BCUT2D eigenvalue weighted by Gasteiger charge is 2.38. The normalized spacial score (nSPS) is 23.7. The lowest BCUT2D eigenvalue weighted by Gasteiger charge is -2.34. The molecule has 15 heavy (non-hydrogen) atoms. The van der Waals surface area contributed by atoms with Crippen LogP contribution in [0, 0.1) is 5.41 Å². The fraction of sp³-hybridized carbons (Fsp3) is 0.500. The van der Waals surface area contributed by atoms with Gasteiger partial charge in [-0.3, -0.25) is 4.79 Å². The summed E-state index contributed by atoms with van der Waals surface area (Å²) in [7, 11) is 0. The molecular weight excluding hydrogens is 184 g/mol. The Morgan fingerprint density at radius 2 is 2.13 bits per heavy atom. The Morgan fingerprint density at radius 3 is 2.80 bits per heavy atom. The van der Waals surface area contributed by atoms with Crippen molar-refractivity contribution in [3.05, 3.63) is 36.0 Å². The second-order valence-corrected chi connectivity index (χ2v) is 4.53. The lowest BCUT2D eigenvalue weighted by molar-refractivity contribution is -0.112. The first kappa shape index (κ1) is 10.4. The molecule has 0 atom stereocenters. The summed E-state index contributed by atoms with van der Waals surface area (Å²) >= 11 is 0. The predicted molar refractivity (Wildman–Crippen MR) is 62.6 cm³/mol. The zero-order valence-corrected chi connectivity index (χ0v) is 9.33. The number of hydrogen-bond donors (Lipinski definition) is 0. The number of allylic oxidation sites excluding steroid dienone is 6. The SMILES string of the molecule is CC=CC(=O)C1=CCCCC12CC=CC2. The van der Waals surface area contributed by atoms with Gasteiger partial charge in [-0.1, -0.05) is 24.3 Å². The van der Waals surface area contributed by atoms with Gasteiger partial charge in [0.25, 0.3) is 0 Å². The van der Waals surface area contributed by atoms with Gasteiger partial charge in [0, 0.05) is 11.0 Å². The molecule has 0 bridgehead atoms. The van der Waals surface area contributed by atoms with Crippen LogP contribution in [0.15, 0.2) is 36.0 Å². The van der Waals surface area contributed by atoms with E-state index < -0.39 is 0 Å². The second kappa shape index (κ2) is 4.18. The second-order valence-electron chi connectivity index (χ2n) is 4.53. The molecule has 1 heteroatoms. The Balaban J connectivity index is 2.27. The fourth-order valence-electron chi connectivity index (χ4n) is 2.77.